The summed E-state index contributed by atoms with van der Waals surface area (Å²) in [7, 11) is 0. The summed E-state index contributed by atoms with van der Waals surface area (Å²) in [6.07, 6.45) is 4.79. The molecule has 1 saturated heterocycles. The fraction of sp³-hybridized carbons (Fsp3) is 0.364. The molecule has 1 aliphatic rings. The number of benzene rings is 1. The third-order valence-corrected chi connectivity index (χ3v) is 5.50. The van der Waals surface area contributed by atoms with E-state index >= 15 is 0 Å². The molecule has 1 fully saturated rings. The van der Waals surface area contributed by atoms with E-state index in [9.17, 15) is 18.7 Å². The Balaban J connectivity index is 1.69. The molecule has 3 aromatic rings. The number of aliphatic hydroxyl groups is 1. The first-order chi connectivity index (χ1) is 14.3. The van der Waals surface area contributed by atoms with E-state index in [2.05, 4.69) is 10.4 Å². The van der Waals surface area contributed by atoms with Gasteiger partial charge in [0.15, 0.2) is 0 Å². The minimum atomic E-state index is -0.766. The molecular weight excluding hydrogens is 390 g/mol. The average molecular weight is 414 g/mol. The van der Waals surface area contributed by atoms with Gasteiger partial charge in [-0.3, -0.25) is 4.79 Å². The SMILES string of the molecule is CC(C)(CO)NC(=O)c1cnn2ccc(N3CCC[C@@H]3c3cc(F)ccc3F)cc12. The van der Waals surface area contributed by atoms with Crippen LogP contribution in [0.15, 0.2) is 42.7 Å². The van der Waals surface area contributed by atoms with Crippen molar-refractivity contribution in [2.24, 2.45) is 0 Å². The summed E-state index contributed by atoms with van der Waals surface area (Å²) in [4.78, 5) is 14.7. The van der Waals surface area contributed by atoms with Crippen LogP contribution in [0.4, 0.5) is 14.5 Å². The maximum atomic E-state index is 14.4. The molecule has 1 atom stereocenters. The molecule has 158 valence electrons. The number of rotatable bonds is 5. The number of carbonyl (C=O) groups is 1. The number of aliphatic hydroxyl groups excluding tert-OH is 1. The molecule has 1 aromatic carbocycles. The van der Waals surface area contributed by atoms with Crippen LogP contribution >= 0.6 is 0 Å². The zero-order valence-electron chi connectivity index (χ0n) is 16.9. The predicted octanol–water partition coefficient (Wildman–Crippen LogP) is 3.45. The van der Waals surface area contributed by atoms with Crippen molar-refractivity contribution < 1.29 is 18.7 Å². The molecule has 2 aromatic heterocycles. The Morgan fingerprint density at radius 1 is 1.30 bits per heavy atom. The number of amides is 1. The van der Waals surface area contributed by atoms with Crippen molar-refractivity contribution in [3.05, 3.63) is 65.5 Å². The molecule has 30 heavy (non-hydrogen) atoms. The minimum absolute atomic E-state index is 0.197. The normalized spacial score (nSPS) is 17.0. The highest BCUT2D eigenvalue weighted by Gasteiger charge is 2.29. The van der Waals surface area contributed by atoms with Gasteiger partial charge < -0.3 is 15.3 Å². The number of anilines is 1. The number of hydrogen-bond donors (Lipinski definition) is 2. The monoisotopic (exact) mass is 414 g/mol. The van der Waals surface area contributed by atoms with Gasteiger partial charge in [0.25, 0.3) is 5.91 Å². The zero-order valence-corrected chi connectivity index (χ0v) is 16.9. The second kappa shape index (κ2) is 7.68. The van der Waals surface area contributed by atoms with Crippen LogP contribution in [-0.2, 0) is 0 Å². The van der Waals surface area contributed by atoms with Crippen molar-refractivity contribution in [2.45, 2.75) is 38.3 Å². The van der Waals surface area contributed by atoms with Gasteiger partial charge in [-0.05, 0) is 57.0 Å². The van der Waals surface area contributed by atoms with Gasteiger partial charge in [-0.25, -0.2) is 13.3 Å². The molecule has 4 rings (SSSR count). The van der Waals surface area contributed by atoms with Crippen molar-refractivity contribution >= 4 is 17.1 Å². The van der Waals surface area contributed by atoms with Gasteiger partial charge in [0.05, 0.1) is 35.5 Å². The Hall–Kier alpha value is -3.00. The lowest BCUT2D eigenvalue weighted by Gasteiger charge is -2.27. The van der Waals surface area contributed by atoms with Crippen LogP contribution in [0, 0.1) is 11.6 Å². The molecule has 0 aliphatic carbocycles. The molecule has 2 N–H and O–H groups in total. The molecule has 6 nitrogen and oxygen atoms in total. The molecule has 0 radical (unpaired) electrons. The van der Waals surface area contributed by atoms with Crippen molar-refractivity contribution in [1.29, 1.82) is 0 Å². The quantitative estimate of drug-likeness (QED) is 0.671. The number of nitrogens with one attached hydrogen (secondary N) is 1. The van der Waals surface area contributed by atoms with Gasteiger partial charge in [-0.15, -0.1) is 0 Å². The molecule has 1 amide bonds. The van der Waals surface area contributed by atoms with Crippen molar-refractivity contribution in [3.8, 4) is 0 Å². The van der Waals surface area contributed by atoms with Gasteiger partial charge >= 0.3 is 0 Å². The van der Waals surface area contributed by atoms with Crippen LogP contribution in [0.25, 0.3) is 5.52 Å². The molecule has 0 spiro atoms. The van der Waals surface area contributed by atoms with Crippen LogP contribution in [0.1, 0.15) is 48.7 Å². The molecule has 0 bridgehead atoms. The van der Waals surface area contributed by atoms with Crippen LogP contribution in [0.2, 0.25) is 0 Å². The summed E-state index contributed by atoms with van der Waals surface area (Å²) >= 11 is 0. The van der Waals surface area contributed by atoms with Crippen LogP contribution in [0.3, 0.4) is 0 Å². The van der Waals surface area contributed by atoms with E-state index in [1.807, 2.05) is 17.0 Å². The summed E-state index contributed by atoms with van der Waals surface area (Å²) in [5, 5.41) is 16.4. The number of halogens is 2. The lowest BCUT2D eigenvalue weighted by atomic mass is 10.0. The van der Waals surface area contributed by atoms with E-state index in [4.69, 9.17) is 0 Å². The largest absolute Gasteiger partial charge is 0.394 e. The van der Waals surface area contributed by atoms with Gasteiger partial charge in [-0.2, -0.15) is 5.10 Å². The second-order valence-electron chi connectivity index (χ2n) is 8.29. The first kappa shape index (κ1) is 20.3. The zero-order chi connectivity index (χ0) is 21.5. The predicted molar refractivity (Wildman–Crippen MR) is 110 cm³/mol. The van der Waals surface area contributed by atoms with Gasteiger partial charge in [0.2, 0.25) is 0 Å². The first-order valence-corrected chi connectivity index (χ1v) is 9.91. The minimum Gasteiger partial charge on any atom is -0.394 e. The van der Waals surface area contributed by atoms with E-state index in [0.29, 0.717) is 29.6 Å². The maximum absolute atomic E-state index is 14.4. The lowest BCUT2D eigenvalue weighted by molar-refractivity contribution is 0.0871. The van der Waals surface area contributed by atoms with E-state index in [1.54, 1.807) is 24.6 Å². The number of carbonyl (C=O) groups excluding carboxylic acids is 1. The summed E-state index contributed by atoms with van der Waals surface area (Å²) < 4.78 is 29.7. The smallest absolute Gasteiger partial charge is 0.255 e. The van der Waals surface area contributed by atoms with Gasteiger partial charge in [0.1, 0.15) is 11.6 Å². The Kier molecular flexibility index (Phi) is 5.19. The summed E-state index contributed by atoms with van der Waals surface area (Å²) in [6, 6.07) is 6.95. The standard InChI is InChI=1S/C22H24F2N4O2/c1-22(2,13-29)26-21(30)17-12-25-28-9-7-15(11-20(17)28)27-8-3-4-19(27)16-10-14(23)5-6-18(16)24/h5-7,9-12,19,29H,3-4,8,13H2,1-2H3,(H,26,30)/t19-/m1/s1. The fourth-order valence-corrected chi connectivity index (χ4v) is 3.91. The molecule has 1 aliphatic heterocycles. The number of aromatic nitrogens is 2. The molecule has 0 saturated carbocycles. The highest BCUT2D eigenvalue weighted by molar-refractivity contribution is 6.01. The second-order valence-corrected chi connectivity index (χ2v) is 8.29. The maximum Gasteiger partial charge on any atom is 0.255 e. The summed E-state index contributed by atoms with van der Waals surface area (Å²) in [5.74, 6) is -1.23. The van der Waals surface area contributed by atoms with Crippen LogP contribution in [0.5, 0.6) is 0 Å². The number of nitrogens with zero attached hydrogens (tertiary/aromatic N) is 3. The number of fused-ring (bicyclic) bond motifs is 1. The first-order valence-electron chi connectivity index (χ1n) is 9.91. The highest BCUT2D eigenvalue weighted by atomic mass is 19.1. The van der Waals surface area contributed by atoms with Gasteiger partial charge in [-0.1, -0.05) is 0 Å². The van der Waals surface area contributed by atoms with E-state index in [1.165, 1.54) is 12.3 Å². The summed E-state index contributed by atoms with van der Waals surface area (Å²) in [6.45, 7) is 3.96. The summed E-state index contributed by atoms with van der Waals surface area (Å²) in [5.41, 5.74) is 1.36. The molecule has 8 heteroatoms. The molecule has 0 unspecified atom stereocenters. The fourth-order valence-electron chi connectivity index (χ4n) is 3.91. The van der Waals surface area contributed by atoms with E-state index in [0.717, 1.165) is 24.2 Å². The average Bonchev–Trinajstić information content (AvgIpc) is 3.36. The van der Waals surface area contributed by atoms with Gasteiger partial charge in [0, 0.05) is 24.0 Å². The Labute approximate surface area is 173 Å². The van der Waals surface area contributed by atoms with Crippen molar-refractivity contribution in [3.63, 3.8) is 0 Å². The van der Waals surface area contributed by atoms with E-state index < -0.39 is 17.2 Å². The topological polar surface area (TPSA) is 69.9 Å². The Bertz CT molecular complexity index is 1100. The lowest BCUT2D eigenvalue weighted by Crippen LogP contribution is -2.46. The Morgan fingerprint density at radius 2 is 2.10 bits per heavy atom. The highest BCUT2D eigenvalue weighted by Crippen LogP contribution is 2.38. The number of pyridine rings is 1. The molecular formula is C22H24F2N4O2. The van der Waals surface area contributed by atoms with E-state index in [-0.39, 0.29) is 18.6 Å². The third kappa shape index (κ3) is 3.75. The Morgan fingerprint density at radius 3 is 2.87 bits per heavy atom. The van der Waals surface area contributed by atoms with Crippen molar-refractivity contribution in [1.82, 2.24) is 14.9 Å². The molecule has 3 heterocycles. The van der Waals surface area contributed by atoms with Crippen LogP contribution < -0.4 is 10.2 Å². The van der Waals surface area contributed by atoms with Crippen LogP contribution in [-0.4, -0.2) is 39.3 Å². The van der Waals surface area contributed by atoms with Crippen molar-refractivity contribution in [2.75, 3.05) is 18.1 Å². The third-order valence-electron chi connectivity index (χ3n) is 5.50. The number of hydrogen-bond acceptors (Lipinski definition) is 4.